The molecule has 2 amide bonds. The molecule has 2 unspecified atom stereocenters. The number of amides is 2. The van der Waals surface area contributed by atoms with E-state index in [4.69, 9.17) is 0 Å². The second-order valence-corrected chi connectivity index (χ2v) is 8.32. The van der Waals surface area contributed by atoms with Gasteiger partial charge in [0.25, 0.3) is 0 Å². The van der Waals surface area contributed by atoms with Gasteiger partial charge in [0.2, 0.25) is 11.8 Å². The number of nitrogens with zero attached hydrogens (tertiary/aromatic N) is 1. The molecule has 4 nitrogen and oxygen atoms in total. The zero-order chi connectivity index (χ0) is 22.3. The summed E-state index contributed by atoms with van der Waals surface area (Å²) in [6.07, 6.45) is 2.25. The summed E-state index contributed by atoms with van der Waals surface area (Å²) < 4.78 is 0. The third-order valence-electron chi connectivity index (χ3n) is 6.30. The van der Waals surface area contributed by atoms with Gasteiger partial charge in [0.05, 0.1) is 12.0 Å². The molecule has 1 aliphatic rings. The Bertz CT molecular complexity index is 982. The minimum Gasteiger partial charge on any atom is -0.343 e. The van der Waals surface area contributed by atoms with Gasteiger partial charge in [-0.15, -0.1) is 0 Å². The molecular formula is C28H30N2O2. The molecule has 0 spiro atoms. The number of carbonyl (C=O) groups excluding carboxylic acids is 2. The first-order chi connectivity index (χ1) is 15.7. The second kappa shape index (κ2) is 10.3. The summed E-state index contributed by atoms with van der Waals surface area (Å²) in [5, 5.41) is 3.24. The molecule has 0 saturated carbocycles. The van der Waals surface area contributed by atoms with Crippen molar-refractivity contribution in [3.05, 3.63) is 108 Å². The van der Waals surface area contributed by atoms with Crippen LogP contribution in [0.25, 0.3) is 0 Å². The first-order valence-electron chi connectivity index (χ1n) is 11.4. The number of rotatable bonds is 7. The summed E-state index contributed by atoms with van der Waals surface area (Å²) in [5.41, 5.74) is 3.06. The van der Waals surface area contributed by atoms with Crippen LogP contribution in [0, 0.1) is 0 Å². The van der Waals surface area contributed by atoms with E-state index in [-0.39, 0.29) is 23.8 Å². The number of likely N-dealkylation sites (tertiary alicyclic amines) is 1. The highest BCUT2D eigenvalue weighted by molar-refractivity contribution is 5.91. The van der Waals surface area contributed by atoms with Crippen molar-refractivity contribution in [2.24, 2.45) is 0 Å². The summed E-state index contributed by atoms with van der Waals surface area (Å²) >= 11 is 0. The number of nitrogens with one attached hydrogen (secondary N) is 1. The van der Waals surface area contributed by atoms with Crippen molar-refractivity contribution >= 4 is 11.8 Å². The van der Waals surface area contributed by atoms with Crippen LogP contribution in [0.15, 0.2) is 91.0 Å². The minimum atomic E-state index is -0.435. The summed E-state index contributed by atoms with van der Waals surface area (Å²) in [6.45, 7) is 2.66. The average molecular weight is 427 g/mol. The van der Waals surface area contributed by atoms with Crippen LogP contribution >= 0.6 is 0 Å². The molecule has 0 aromatic heterocycles. The fourth-order valence-electron chi connectivity index (χ4n) is 4.63. The molecule has 0 bridgehead atoms. The maximum absolute atomic E-state index is 13.5. The highest BCUT2D eigenvalue weighted by Gasteiger charge is 2.37. The van der Waals surface area contributed by atoms with Crippen molar-refractivity contribution in [1.29, 1.82) is 0 Å². The molecule has 164 valence electrons. The molecule has 1 aliphatic heterocycles. The van der Waals surface area contributed by atoms with Crippen molar-refractivity contribution in [2.75, 3.05) is 6.54 Å². The molecule has 4 rings (SSSR count). The predicted octanol–water partition coefficient (Wildman–Crippen LogP) is 5.08. The Kier molecular flexibility index (Phi) is 7.00. The van der Waals surface area contributed by atoms with Crippen LogP contribution in [0.1, 0.15) is 54.8 Å². The van der Waals surface area contributed by atoms with Gasteiger partial charge < -0.3 is 10.2 Å². The number of benzene rings is 3. The topological polar surface area (TPSA) is 49.4 Å². The Morgan fingerprint density at radius 3 is 1.84 bits per heavy atom. The maximum atomic E-state index is 13.5. The lowest BCUT2D eigenvalue weighted by Gasteiger charge is -2.30. The lowest BCUT2D eigenvalue weighted by Crippen LogP contribution is -2.48. The minimum absolute atomic E-state index is 0.0484. The van der Waals surface area contributed by atoms with Gasteiger partial charge in [-0.3, -0.25) is 9.59 Å². The smallest absolute Gasteiger partial charge is 0.243 e. The Balaban J connectivity index is 1.55. The van der Waals surface area contributed by atoms with E-state index >= 15 is 0 Å². The van der Waals surface area contributed by atoms with Crippen LogP contribution in [0.5, 0.6) is 0 Å². The monoisotopic (exact) mass is 426 g/mol. The third kappa shape index (κ3) is 4.75. The van der Waals surface area contributed by atoms with Crippen LogP contribution in [0.2, 0.25) is 0 Å². The first kappa shape index (κ1) is 21.8. The Morgan fingerprint density at radius 1 is 0.844 bits per heavy atom. The summed E-state index contributed by atoms with van der Waals surface area (Å²) in [7, 11) is 0. The molecule has 1 heterocycles. The van der Waals surface area contributed by atoms with Gasteiger partial charge in [-0.05, 0) is 36.0 Å². The van der Waals surface area contributed by atoms with Crippen LogP contribution in [-0.2, 0) is 9.59 Å². The van der Waals surface area contributed by atoms with Gasteiger partial charge in [-0.2, -0.15) is 0 Å². The van der Waals surface area contributed by atoms with E-state index in [0.717, 1.165) is 23.1 Å². The van der Waals surface area contributed by atoms with Crippen LogP contribution in [0.3, 0.4) is 0 Å². The van der Waals surface area contributed by atoms with Crippen molar-refractivity contribution in [2.45, 2.75) is 44.2 Å². The summed E-state index contributed by atoms with van der Waals surface area (Å²) in [6, 6.07) is 29.2. The standard InChI is InChI=1S/C28H30N2O2/c1-2-24(21-13-6-3-7-14-21)28(32)30-20-12-19-25(30)27(31)29-26(22-15-8-4-9-16-22)23-17-10-5-11-18-23/h3-11,13-18,24-26H,2,12,19-20H2,1H3,(H,29,31). The third-order valence-corrected chi connectivity index (χ3v) is 6.30. The Hall–Kier alpha value is -3.40. The Morgan fingerprint density at radius 2 is 1.34 bits per heavy atom. The van der Waals surface area contributed by atoms with E-state index in [2.05, 4.69) is 5.32 Å². The van der Waals surface area contributed by atoms with Gasteiger partial charge in [0.1, 0.15) is 6.04 Å². The van der Waals surface area contributed by atoms with Crippen molar-refractivity contribution < 1.29 is 9.59 Å². The van der Waals surface area contributed by atoms with Crippen molar-refractivity contribution in [3.8, 4) is 0 Å². The SMILES string of the molecule is CCC(C(=O)N1CCCC1C(=O)NC(c1ccccc1)c1ccccc1)c1ccccc1. The number of hydrogen-bond acceptors (Lipinski definition) is 2. The molecule has 0 radical (unpaired) electrons. The van der Waals surface area contributed by atoms with Gasteiger partial charge in [-0.25, -0.2) is 0 Å². The quantitative estimate of drug-likeness (QED) is 0.573. The fraction of sp³-hybridized carbons (Fsp3) is 0.286. The van der Waals surface area contributed by atoms with Gasteiger partial charge in [0, 0.05) is 6.54 Å². The molecule has 4 heteroatoms. The van der Waals surface area contributed by atoms with Gasteiger partial charge in [0.15, 0.2) is 0 Å². The second-order valence-electron chi connectivity index (χ2n) is 8.32. The Labute approximate surface area is 190 Å². The molecule has 1 saturated heterocycles. The van der Waals surface area contributed by atoms with Crippen molar-refractivity contribution in [3.63, 3.8) is 0 Å². The van der Waals surface area contributed by atoms with E-state index in [9.17, 15) is 9.59 Å². The van der Waals surface area contributed by atoms with E-state index in [0.29, 0.717) is 19.4 Å². The zero-order valence-corrected chi connectivity index (χ0v) is 18.5. The van der Waals surface area contributed by atoms with Gasteiger partial charge >= 0.3 is 0 Å². The van der Waals surface area contributed by atoms with Crippen molar-refractivity contribution in [1.82, 2.24) is 10.2 Å². The maximum Gasteiger partial charge on any atom is 0.243 e. The van der Waals surface area contributed by atoms with E-state index in [1.54, 1.807) is 4.90 Å². The first-order valence-corrected chi connectivity index (χ1v) is 11.4. The van der Waals surface area contributed by atoms with E-state index in [1.165, 1.54) is 0 Å². The number of hydrogen-bond donors (Lipinski definition) is 1. The largest absolute Gasteiger partial charge is 0.343 e. The average Bonchev–Trinajstić information content (AvgIpc) is 3.35. The summed E-state index contributed by atoms with van der Waals surface area (Å²) in [5.74, 6) is -0.257. The fourth-order valence-corrected chi connectivity index (χ4v) is 4.63. The number of carbonyl (C=O) groups is 2. The molecule has 3 aromatic rings. The molecule has 3 aromatic carbocycles. The van der Waals surface area contributed by atoms with Crippen LogP contribution in [-0.4, -0.2) is 29.3 Å². The normalized spacial score (nSPS) is 16.7. The van der Waals surface area contributed by atoms with Gasteiger partial charge in [-0.1, -0.05) is 97.9 Å². The molecular weight excluding hydrogens is 396 g/mol. The molecule has 0 aliphatic carbocycles. The zero-order valence-electron chi connectivity index (χ0n) is 18.5. The van der Waals surface area contributed by atoms with E-state index in [1.807, 2.05) is 97.9 Å². The molecule has 32 heavy (non-hydrogen) atoms. The molecule has 1 fully saturated rings. The van der Waals surface area contributed by atoms with Crippen LogP contribution in [0.4, 0.5) is 0 Å². The lowest BCUT2D eigenvalue weighted by atomic mass is 9.94. The highest BCUT2D eigenvalue weighted by atomic mass is 16.2. The van der Waals surface area contributed by atoms with E-state index < -0.39 is 6.04 Å². The summed E-state index contributed by atoms with van der Waals surface area (Å²) in [4.78, 5) is 28.7. The lowest BCUT2D eigenvalue weighted by molar-refractivity contribution is -0.139. The molecule has 1 N–H and O–H groups in total. The predicted molar refractivity (Wildman–Crippen MR) is 127 cm³/mol. The highest BCUT2D eigenvalue weighted by Crippen LogP contribution is 2.28. The van der Waals surface area contributed by atoms with Crippen LogP contribution < -0.4 is 5.32 Å². The molecule has 2 atom stereocenters.